The molecule has 0 fully saturated rings. The molecule has 0 unspecified atom stereocenters. The second kappa shape index (κ2) is 7.55. The van der Waals surface area contributed by atoms with Crippen molar-refractivity contribution in [1.29, 1.82) is 0 Å². The van der Waals surface area contributed by atoms with Gasteiger partial charge in [0.05, 0.1) is 10.6 Å². The molecule has 1 aliphatic heterocycles. The molecule has 0 amide bonds. The van der Waals surface area contributed by atoms with E-state index in [-0.39, 0.29) is 24.0 Å². The summed E-state index contributed by atoms with van der Waals surface area (Å²) in [5.41, 5.74) is 0. The minimum atomic E-state index is -3.84. The van der Waals surface area contributed by atoms with Crippen LogP contribution < -0.4 is 14.2 Å². The smallest absolute Gasteiger partial charge is 0.231 e. The Kier molecular flexibility index (Phi) is 5.56. The van der Waals surface area contributed by atoms with Gasteiger partial charge in [0.25, 0.3) is 0 Å². The third kappa shape index (κ3) is 4.03. The first-order chi connectivity index (χ1) is 12.3. The third-order valence-electron chi connectivity index (χ3n) is 3.87. The Bertz CT molecular complexity index is 967. The highest BCUT2D eigenvalue weighted by atomic mass is 32.2. The number of fused-ring (bicyclic) bond motifs is 1. The minimum absolute atomic E-state index is 0.0456. The molecule has 0 saturated heterocycles. The lowest BCUT2D eigenvalue weighted by atomic mass is 10.3. The average Bonchev–Trinajstić information content (AvgIpc) is 3.25. The highest BCUT2D eigenvalue weighted by Gasteiger charge is 2.32. The summed E-state index contributed by atoms with van der Waals surface area (Å²) in [5, 5.41) is 0.743. The lowest BCUT2D eigenvalue weighted by molar-refractivity contribution is 0.174. The van der Waals surface area contributed by atoms with Gasteiger partial charge in [0.2, 0.25) is 16.8 Å². The van der Waals surface area contributed by atoms with Gasteiger partial charge in [-0.1, -0.05) is 13.0 Å². The molecule has 2 heterocycles. The van der Waals surface area contributed by atoms with Crippen LogP contribution in [0.2, 0.25) is 0 Å². The van der Waals surface area contributed by atoms with E-state index in [4.69, 9.17) is 9.47 Å². The number of rotatable bonds is 8. The van der Waals surface area contributed by atoms with E-state index < -0.39 is 25.1 Å². The molecule has 1 N–H and O–H groups in total. The van der Waals surface area contributed by atoms with Gasteiger partial charge >= 0.3 is 0 Å². The number of hydrogen-bond donors (Lipinski definition) is 1. The number of hydrogen-bond acceptors (Lipinski definition) is 7. The maximum absolute atomic E-state index is 13.2. The van der Waals surface area contributed by atoms with Crippen molar-refractivity contribution in [1.82, 2.24) is 4.72 Å². The van der Waals surface area contributed by atoms with Crippen LogP contribution in [0.15, 0.2) is 40.6 Å². The van der Waals surface area contributed by atoms with Crippen LogP contribution in [0.1, 0.15) is 23.5 Å². The van der Waals surface area contributed by atoms with Gasteiger partial charge in [-0.05, 0) is 30.0 Å². The molecule has 0 spiro atoms. The Hall–Kier alpha value is -1.62. The summed E-state index contributed by atoms with van der Waals surface area (Å²) in [7, 11) is -7.36. The van der Waals surface area contributed by atoms with Crippen LogP contribution in [-0.2, 0) is 19.9 Å². The summed E-state index contributed by atoms with van der Waals surface area (Å²) in [6, 6.07) is 7.83. The van der Waals surface area contributed by atoms with E-state index in [2.05, 4.69) is 4.72 Å². The molecule has 3 rings (SSSR count). The Labute approximate surface area is 156 Å². The molecule has 0 bridgehead atoms. The highest BCUT2D eigenvalue weighted by Crippen LogP contribution is 2.38. The second-order valence-electron chi connectivity index (χ2n) is 5.73. The second-order valence-corrected chi connectivity index (χ2v) is 10.8. The maximum atomic E-state index is 13.2. The van der Waals surface area contributed by atoms with Crippen LogP contribution in [0.3, 0.4) is 0 Å². The van der Waals surface area contributed by atoms with E-state index in [0.717, 1.165) is 0 Å². The molecule has 1 atom stereocenters. The molecule has 0 radical (unpaired) electrons. The molecule has 7 nitrogen and oxygen atoms in total. The summed E-state index contributed by atoms with van der Waals surface area (Å²) in [5.74, 6) is 0.802. The van der Waals surface area contributed by atoms with Crippen LogP contribution in [-0.4, -0.2) is 35.9 Å². The van der Waals surface area contributed by atoms with Gasteiger partial charge in [-0.3, -0.25) is 0 Å². The summed E-state index contributed by atoms with van der Waals surface area (Å²) in [6.07, 6.45) is 0.452. The van der Waals surface area contributed by atoms with E-state index >= 15 is 0 Å². The van der Waals surface area contributed by atoms with Crippen molar-refractivity contribution in [3.63, 3.8) is 0 Å². The molecule has 10 heteroatoms. The lowest BCUT2D eigenvalue weighted by Crippen LogP contribution is -2.33. The molecule has 26 heavy (non-hydrogen) atoms. The Morgan fingerprint density at radius 3 is 2.62 bits per heavy atom. The van der Waals surface area contributed by atoms with Gasteiger partial charge in [0.15, 0.2) is 21.3 Å². The molecule has 0 aliphatic carbocycles. The first kappa shape index (κ1) is 19.2. The normalized spacial score (nSPS) is 15.1. The van der Waals surface area contributed by atoms with E-state index in [1.807, 2.05) is 0 Å². The van der Waals surface area contributed by atoms with Gasteiger partial charge in [-0.25, -0.2) is 21.6 Å². The Morgan fingerprint density at radius 2 is 1.92 bits per heavy atom. The largest absolute Gasteiger partial charge is 0.454 e. The van der Waals surface area contributed by atoms with Gasteiger partial charge in [-0.2, -0.15) is 0 Å². The first-order valence-corrected chi connectivity index (χ1v) is 12.1. The molecule has 2 aromatic rings. The van der Waals surface area contributed by atoms with Crippen molar-refractivity contribution in [2.75, 3.05) is 19.1 Å². The van der Waals surface area contributed by atoms with Crippen molar-refractivity contribution < 1.29 is 26.3 Å². The zero-order chi connectivity index (χ0) is 18.8. The molecule has 1 aromatic carbocycles. The molecule has 1 aromatic heterocycles. The molecular formula is C16H19NO6S3. The predicted octanol–water partition coefficient (Wildman–Crippen LogP) is 2.32. The van der Waals surface area contributed by atoms with Crippen molar-refractivity contribution >= 4 is 31.2 Å². The number of nitrogens with one attached hydrogen (secondary N) is 1. The van der Waals surface area contributed by atoms with Gasteiger partial charge in [-0.15, -0.1) is 11.3 Å². The van der Waals surface area contributed by atoms with Crippen LogP contribution in [0.4, 0.5) is 0 Å². The lowest BCUT2D eigenvalue weighted by Gasteiger charge is -2.17. The monoisotopic (exact) mass is 417 g/mol. The molecular weight excluding hydrogens is 398 g/mol. The van der Waals surface area contributed by atoms with Crippen molar-refractivity contribution in [2.45, 2.75) is 23.5 Å². The molecule has 142 valence electrons. The maximum Gasteiger partial charge on any atom is 0.231 e. The summed E-state index contributed by atoms with van der Waals surface area (Å²) in [6.45, 7) is 1.57. The van der Waals surface area contributed by atoms with Gasteiger partial charge in [0, 0.05) is 17.5 Å². The predicted molar refractivity (Wildman–Crippen MR) is 98.9 cm³/mol. The van der Waals surface area contributed by atoms with Gasteiger partial charge < -0.3 is 9.47 Å². The number of benzene rings is 1. The Morgan fingerprint density at radius 1 is 1.15 bits per heavy atom. The summed E-state index contributed by atoms with van der Waals surface area (Å²) >= 11 is 1.27. The first-order valence-electron chi connectivity index (χ1n) is 7.98. The van der Waals surface area contributed by atoms with E-state index in [1.54, 1.807) is 30.5 Å². The van der Waals surface area contributed by atoms with Crippen molar-refractivity contribution in [3.05, 3.63) is 40.6 Å². The van der Waals surface area contributed by atoms with Crippen LogP contribution in [0, 0.1) is 0 Å². The zero-order valence-corrected chi connectivity index (χ0v) is 16.5. The number of thiophene rings is 1. The minimum Gasteiger partial charge on any atom is -0.454 e. The fourth-order valence-electron chi connectivity index (χ4n) is 2.60. The molecule has 0 saturated carbocycles. The number of sulfonamides is 1. The number of sulfone groups is 1. The fourth-order valence-corrected chi connectivity index (χ4v) is 6.61. The highest BCUT2D eigenvalue weighted by molar-refractivity contribution is 7.92. The average molecular weight is 418 g/mol. The van der Waals surface area contributed by atoms with E-state index in [0.29, 0.717) is 22.8 Å². The SMILES string of the molecule is CCCS(=O)(=O)NC[C@H](c1cccs1)S(=O)(=O)c1ccc2c(c1)OCO2. The van der Waals surface area contributed by atoms with Gasteiger partial charge in [0.1, 0.15) is 5.25 Å². The molecule has 1 aliphatic rings. The zero-order valence-electron chi connectivity index (χ0n) is 14.0. The fraction of sp³-hybridized carbons (Fsp3) is 0.375. The third-order valence-corrected chi connectivity index (χ3v) is 8.64. The summed E-state index contributed by atoms with van der Waals surface area (Å²) in [4.78, 5) is 0.636. The standard InChI is InChI=1S/C16H19NO6S3/c1-2-8-25(18,19)17-10-16(15-4-3-7-24-15)26(20,21)12-5-6-13-14(9-12)23-11-22-13/h3-7,9,16-17H,2,8,10-11H2,1H3/t16-/m1/s1. The number of ether oxygens (including phenoxy) is 2. The quantitative estimate of drug-likeness (QED) is 0.708. The van der Waals surface area contributed by atoms with E-state index in [1.165, 1.54) is 23.5 Å². The van der Waals surface area contributed by atoms with Crippen LogP contribution in [0.5, 0.6) is 11.5 Å². The summed E-state index contributed by atoms with van der Waals surface area (Å²) < 4.78 is 63.2. The van der Waals surface area contributed by atoms with E-state index in [9.17, 15) is 16.8 Å². The van der Waals surface area contributed by atoms with Crippen molar-refractivity contribution in [2.24, 2.45) is 0 Å². The van der Waals surface area contributed by atoms with Crippen LogP contribution >= 0.6 is 11.3 Å². The topological polar surface area (TPSA) is 98.8 Å². The van der Waals surface area contributed by atoms with Crippen LogP contribution in [0.25, 0.3) is 0 Å². The Balaban J connectivity index is 1.93. The van der Waals surface area contributed by atoms with Crippen molar-refractivity contribution in [3.8, 4) is 11.5 Å².